The van der Waals surface area contributed by atoms with Gasteiger partial charge >= 0.3 is 0 Å². The van der Waals surface area contributed by atoms with Crippen LogP contribution in [0.25, 0.3) is 28.0 Å². The molecular formula is C22H15N7O3. The molecule has 1 aromatic carbocycles. The molecule has 0 radical (unpaired) electrons. The van der Waals surface area contributed by atoms with E-state index in [1.54, 1.807) is 52.3 Å². The van der Waals surface area contributed by atoms with E-state index < -0.39 is 5.91 Å². The molecule has 0 spiro atoms. The van der Waals surface area contributed by atoms with Crippen molar-refractivity contribution in [3.8, 4) is 11.3 Å². The average Bonchev–Trinajstić information content (AvgIpc) is 3.40. The van der Waals surface area contributed by atoms with Gasteiger partial charge in [-0.3, -0.25) is 9.69 Å². The lowest BCUT2D eigenvalue weighted by Crippen LogP contribution is -2.32. The van der Waals surface area contributed by atoms with Gasteiger partial charge in [0.25, 0.3) is 5.91 Å². The van der Waals surface area contributed by atoms with Gasteiger partial charge < -0.3 is 5.73 Å². The molecule has 4 heterocycles. The molecule has 3 aromatic rings. The molecule has 0 unspecified atom stereocenters. The van der Waals surface area contributed by atoms with Gasteiger partial charge in [0.15, 0.2) is 11.8 Å². The Kier molecular flexibility index (Phi) is 3.83. The third kappa shape index (κ3) is 2.67. The lowest BCUT2D eigenvalue weighted by atomic mass is 10.0. The summed E-state index contributed by atoms with van der Waals surface area (Å²) in [4.78, 5) is 30.1. The Bertz CT molecular complexity index is 1480. The lowest BCUT2D eigenvalue weighted by molar-refractivity contribution is 0.1000. The van der Waals surface area contributed by atoms with Crippen molar-refractivity contribution in [1.82, 2.24) is 25.0 Å². The normalized spacial score (nSPS) is 17.2. The first-order valence-electron chi connectivity index (χ1n) is 9.99. The number of hydrogen-bond donors (Lipinski definition) is 1. The van der Waals surface area contributed by atoms with Crippen LogP contribution in [0, 0.1) is 0 Å². The molecule has 0 saturated heterocycles. The Morgan fingerprint density at radius 1 is 1.22 bits per heavy atom. The standard InChI is InChI=1S/C22H15N7O3/c23-21(31)18-19(13-5-6-15-16(10-13)27-32-26-15)25-29(20(18)12-3-4-12)17-2-1-9-28-14(11-30)7-8-24-22(17)28/h1-2,5-10,12H,3-4H2,(H2,23,31). The average molecular weight is 425 g/mol. The summed E-state index contributed by atoms with van der Waals surface area (Å²) in [7, 11) is 0. The van der Waals surface area contributed by atoms with E-state index in [1.165, 1.54) is 0 Å². The number of benzene rings is 1. The van der Waals surface area contributed by atoms with E-state index >= 15 is 0 Å². The van der Waals surface area contributed by atoms with Crippen LogP contribution in [0.2, 0.25) is 0 Å². The molecule has 32 heavy (non-hydrogen) atoms. The third-order valence-electron chi connectivity index (χ3n) is 5.63. The maximum Gasteiger partial charge on any atom is 0.252 e. The number of carbonyl (C=O) groups is 1. The number of aromatic nitrogens is 4. The van der Waals surface area contributed by atoms with Crippen molar-refractivity contribution in [1.29, 1.82) is 0 Å². The van der Waals surface area contributed by atoms with Crippen LogP contribution < -0.4 is 5.73 Å². The number of amidine groups is 1. The van der Waals surface area contributed by atoms with E-state index in [9.17, 15) is 9.59 Å². The predicted octanol–water partition coefficient (Wildman–Crippen LogP) is 2.37. The van der Waals surface area contributed by atoms with E-state index in [2.05, 4.69) is 15.3 Å². The van der Waals surface area contributed by atoms with Gasteiger partial charge in [-0.15, -0.1) is 0 Å². The van der Waals surface area contributed by atoms with Crippen LogP contribution in [-0.2, 0) is 4.79 Å². The zero-order chi connectivity index (χ0) is 21.8. The molecule has 1 fully saturated rings. The van der Waals surface area contributed by atoms with Crippen LogP contribution in [0.3, 0.4) is 0 Å². The molecule has 6 rings (SSSR count). The smallest absolute Gasteiger partial charge is 0.252 e. The Morgan fingerprint density at radius 2 is 2.06 bits per heavy atom. The summed E-state index contributed by atoms with van der Waals surface area (Å²) in [6.07, 6.45) is 10.3. The number of primary amides is 1. The van der Waals surface area contributed by atoms with Crippen molar-refractivity contribution in [2.45, 2.75) is 18.8 Å². The van der Waals surface area contributed by atoms with Crippen LogP contribution in [0.5, 0.6) is 0 Å². The number of allylic oxidation sites excluding steroid dienone is 3. The summed E-state index contributed by atoms with van der Waals surface area (Å²) in [6, 6.07) is 5.32. The molecule has 0 atom stereocenters. The number of amides is 1. The summed E-state index contributed by atoms with van der Waals surface area (Å²) < 4.78 is 6.51. The fourth-order valence-electron chi connectivity index (χ4n) is 4.04. The molecule has 10 heteroatoms. The summed E-state index contributed by atoms with van der Waals surface area (Å²) in [6.45, 7) is 0. The van der Waals surface area contributed by atoms with E-state index in [-0.39, 0.29) is 5.92 Å². The SMILES string of the molecule is NC(=O)c1c(-c2ccc3nonc3c2)nn(C2=CC=CN3C(=C=O)C=CN=C23)c1C1CC1. The Balaban J connectivity index is 1.58. The first kappa shape index (κ1) is 18.2. The molecule has 156 valence electrons. The van der Waals surface area contributed by atoms with Crippen molar-refractivity contribution in [2.24, 2.45) is 10.7 Å². The highest BCUT2D eigenvalue weighted by Gasteiger charge is 2.37. The topological polar surface area (TPSA) is 132 Å². The maximum atomic E-state index is 12.6. The number of nitrogens with zero attached hydrogens (tertiary/aromatic N) is 6. The minimum absolute atomic E-state index is 0.150. The number of fused-ring (bicyclic) bond motifs is 2. The molecule has 0 bridgehead atoms. The Labute approximate surface area is 180 Å². The first-order chi connectivity index (χ1) is 15.7. The summed E-state index contributed by atoms with van der Waals surface area (Å²) in [5, 5.41) is 12.5. The minimum Gasteiger partial charge on any atom is -0.365 e. The second-order valence-electron chi connectivity index (χ2n) is 7.65. The highest BCUT2D eigenvalue weighted by atomic mass is 16.6. The van der Waals surface area contributed by atoms with E-state index in [4.69, 9.17) is 15.5 Å². The number of carbonyl (C=O) groups excluding carboxylic acids is 2. The number of nitrogens with two attached hydrogens (primary N) is 1. The Hall–Kier alpha value is -4.56. The maximum absolute atomic E-state index is 12.6. The zero-order valence-corrected chi connectivity index (χ0v) is 16.6. The summed E-state index contributed by atoms with van der Waals surface area (Å²) >= 11 is 0. The molecule has 3 aliphatic rings. The van der Waals surface area contributed by atoms with Crippen molar-refractivity contribution in [2.75, 3.05) is 0 Å². The second kappa shape index (κ2) is 6.73. The second-order valence-corrected chi connectivity index (χ2v) is 7.65. The molecular weight excluding hydrogens is 410 g/mol. The fourth-order valence-corrected chi connectivity index (χ4v) is 4.04. The van der Waals surface area contributed by atoms with Crippen LogP contribution in [0.4, 0.5) is 0 Å². The first-order valence-corrected chi connectivity index (χ1v) is 9.99. The fraction of sp³-hybridized carbons (Fsp3) is 0.136. The van der Waals surface area contributed by atoms with Crippen LogP contribution in [-0.4, -0.2) is 42.7 Å². The van der Waals surface area contributed by atoms with E-state index in [0.717, 1.165) is 18.5 Å². The van der Waals surface area contributed by atoms with Gasteiger partial charge in [0.1, 0.15) is 28.1 Å². The monoisotopic (exact) mass is 425 g/mol. The van der Waals surface area contributed by atoms with Gasteiger partial charge in [0.2, 0.25) is 0 Å². The van der Waals surface area contributed by atoms with Crippen molar-refractivity contribution >= 4 is 34.4 Å². The summed E-state index contributed by atoms with van der Waals surface area (Å²) in [5.74, 6) is 2.02. The highest BCUT2D eigenvalue weighted by molar-refractivity contribution is 6.20. The van der Waals surface area contributed by atoms with Gasteiger partial charge in [-0.2, -0.15) is 5.10 Å². The molecule has 1 amide bonds. The minimum atomic E-state index is -0.561. The summed E-state index contributed by atoms with van der Waals surface area (Å²) in [5.41, 5.74) is 10.2. The van der Waals surface area contributed by atoms with Gasteiger partial charge in [-0.05, 0) is 53.5 Å². The van der Waals surface area contributed by atoms with E-state index in [1.807, 2.05) is 12.0 Å². The van der Waals surface area contributed by atoms with Crippen LogP contribution >= 0.6 is 0 Å². The number of aliphatic imine (C=N–C) groups is 1. The van der Waals surface area contributed by atoms with Gasteiger partial charge in [-0.25, -0.2) is 19.1 Å². The predicted molar refractivity (Wildman–Crippen MR) is 115 cm³/mol. The quantitative estimate of drug-likeness (QED) is 0.635. The lowest BCUT2D eigenvalue weighted by Gasteiger charge is -2.27. The van der Waals surface area contributed by atoms with Crippen molar-refractivity contribution in [3.05, 3.63) is 65.8 Å². The molecule has 10 nitrogen and oxygen atoms in total. The van der Waals surface area contributed by atoms with E-state index in [0.29, 0.717) is 45.1 Å². The number of rotatable bonds is 4. The molecule has 1 aliphatic carbocycles. The van der Waals surface area contributed by atoms with Gasteiger partial charge in [0.05, 0.1) is 11.3 Å². The van der Waals surface area contributed by atoms with Crippen molar-refractivity contribution < 1.29 is 14.2 Å². The highest BCUT2D eigenvalue weighted by Crippen LogP contribution is 2.45. The third-order valence-corrected chi connectivity index (χ3v) is 5.63. The number of hydrogen-bond acceptors (Lipinski definition) is 8. The Morgan fingerprint density at radius 3 is 2.84 bits per heavy atom. The van der Waals surface area contributed by atoms with Crippen LogP contribution in [0.15, 0.2) is 64.1 Å². The molecule has 2 aliphatic heterocycles. The van der Waals surface area contributed by atoms with Gasteiger partial charge in [0, 0.05) is 23.9 Å². The van der Waals surface area contributed by atoms with Crippen molar-refractivity contribution in [3.63, 3.8) is 0 Å². The molecule has 2 aromatic heterocycles. The van der Waals surface area contributed by atoms with Gasteiger partial charge in [-0.1, -0.05) is 6.07 Å². The van der Waals surface area contributed by atoms with Crippen LogP contribution in [0.1, 0.15) is 34.8 Å². The molecule has 1 saturated carbocycles. The zero-order valence-electron chi connectivity index (χ0n) is 16.6. The molecule has 2 N–H and O–H groups in total. The largest absolute Gasteiger partial charge is 0.365 e.